The summed E-state index contributed by atoms with van der Waals surface area (Å²) in [6.45, 7) is 4.63. The van der Waals surface area contributed by atoms with Crippen molar-refractivity contribution in [1.29, 1.82) is 0 Å². The lowest BCUT2D eigenvalue weighted by molar-refractivity contribution is 0.0639. The summed E-state index contributed by atoms with van der Waals surface area (Å²) in [5.41, 5.74) is 1.09. The van der Waals surface area contributed by atoms with E-state index in [1.807, 2.05) is 6.07 Å². The molecule has 0 atom stereocenters. The number of aromatic nitrogens is 2. The number of Topliss-reactive ketones (excluding diaryl/α,β-unsaturated/α-hetero) is 1. The highest BCUT2D eigenvalue weighted by atomic mass is 19.1. The van der Waals surface area contributed by atoms with E-state index in [2.05, 4.69) is 15.3 Å². The molecule has 0 amide bonds. The van der Waals surface area contributed by atoms with Crippen LogP contribution in [0.4, 0.5) is 4.39 Å². The monoisotopic (exact) mass is 373 g/mol. The normalized spacial score (nSPS) is 14.9. The molecule has 1 N–H and O–H groups in total. The van der Waals surface area contributed by atoms with Gasteiger partial charge in [-0.25, -0.2) is 14.4 Å². The lowest BCUT2D eigenvalue weighted by Gasteiger charge is -2.21. The minimum absolute atomic E-state index is 0.0748. The van der Waals surface area contributed by atoms with E-state index < -0.39 is 5.82 Å². The minimum Gasteiger partial charge on any atom is -0.434 e. The molecular weight excluding hydrogens is 349 g/mol. The summed E-state index contributed by atoms with van der Waals surface area (Å²) in [7, 11) is 0. The van der Waals surface area contributed by atoms with Gasteiger partial charge in [-0.15, -0.1) is 0 Å². The molecule has 0 spiro atoms. The Balaban J connectivity index is 1.48. The van der Waals surface area contributed by atoms with Crippen molar-refractivity contribution in [3.63, 3.8) is 0 Å². The highest BCUT2D eigenvalue weighted by molar-refractivity contribution is 5.91. The van der Waals surface area contributed by atoms with Gasteiger partial charge in [-0.2, -0.15) is 0 Å². The van der Waals surface area contributed by atoms with Gasteiger partial charge in [0.25, 0.3) is 0 Å². The molecule has 1 fully saturated rings. The summed E-state index contributed by atoms with van der Waals surface area (Å²) in [5.74, 6) is 0.284. The number of carbonyl (C=O) groups is 1. The van der Waals surface area contributed by atoms with Crippen molar-refractivity contribution in [2.75, 3.05) is 19.8 Å². The zero-order valence-electron chi connectivity index (χ0n) is 15.4. The zero-order chi connectivity index (χ0) is 19.1. The molecule has 0 saturated carbocycles. The summed E-state index contributed by atoms with van der Waals surface area (Å²) in [4.78, 5) is 19.1. The summed E-state index contributed by atoms with van der Waals surface area (Å²) in [6.07, 6.45) is 5.98. The van der Waals surface area contributed by atoms with Crippen LogP contribution in [0.25, 0.3) is 0 Å². The first-order valence-electron chi connectivity index (χ1n) is 9.19. The van der Waals surface area contributed by atoms with Gasteiger partial charge >= 0.3 is 0 Å². The van der Waals surface area contributed by atoms with Crippen molar-refractivity contribution in [3.05, 3.63) is 47.7 Å². The number of hydrogen-bond acceptors (Lipinski definition) is 6. The third-order valence-electron chi connectivity index (χ3n) is 4.60. The van der Waals surface area contributed by atoms with Crippen molar-refractivity contribution in [2.24, 2.45) is 5.92 Å². The van der Waals surface area contributed by atoms with Gasteiger partial charge in [0.2, 0.25) is 5.88 Å². The standard InChI is InChI=1S/C20H24FN3O3/c1-14(25)18-12-24-20(13-23-18)27-19-3-2-16(10-17(19)21)11-22-7-4-15-5-8-26-9-6-15/h2-3,10,12-13,15,22H,4-9,11H2,1H3. The lowest BCUT2D eigenvalue weighted by atomic mass is 9.97. The van der Waals surface area contributed by atoms with Crippen LogP contribution in [0.5, 0.6) is 11.6 Å². The molecule has 1 aromatic heterocycles. The van der Waals surface area contributed by atoms with E-state index >= 15 is 0 Å². The fourth-order valence-electron chi connectivity index (χ4n) is 2.97. The van der Waals surface area contributed by atoms with Crippen molar-refractivity contribution in [3.8, 4) is 11.6 Å². The molecule has 6 nitrogen and oxygen atoms in total. The van der Waals surface area contributed by atoms with Crippen LogP contribution in [0.15, 0.2) is 30.6 Å². The number of halogens is 1. The Bertz CT molecular complexity index is 762. The Morgan fingerprint density at radius 3 is 2.78 bits per heavy atom. The van der Waals surface area contributed by atoms with Gasteiger partial charge < -0.3 is 14.8 Å². The third-order valence-corrected chi connectivity index (χ3v) is 4.60. The Labute approximate surface area is 158 Å². The average Bonchev–Trinajstić information content (AvgIpc) is 2.68. The van der Waals surface area contributed by atoms with E-state index in [9.17, 15) is 9.18 Å². The van der Waals surface area contributed by atoms with Gasteiger partial charge in [-0.3, -0.25) is 4.79 Å². The Morgan fingerprint density at radius 1 is 1.30 bits per heavy atom. The van der Waals surface area contributed by atoms with Gasteiger partial charge in [0.05, 0.1) is 12.4 Å². The van der Waals surface area contributed by atoms with E-state index in [1.54, 1.807) is 6.07 Å². The molecular formula is C20H24FN3O3. The summed E-state index contributed by atoms with van der Waals surface area (Å²) < 4.78 is 25.0. The van der Waals surface area contributed by atoms with Gasteiger partial charge in [-0.05, 0) is 49.4 Å². The molecule has 27 heavy (non-hydrogen) atoms. The maximum absolute atomic E-state index is 14.3. The highest BCUT2D eigenvalue weighted by Gasteiger charge is 2.13. The average molecular weight is 373 g/mol. The Hall–Kier alpha value is -2.38. The van der Waals surface area contributed by atoms with E-state index in [-0.39, 0.29) is 23.1 Å². The quantitative estimate of drug-likeness (QED) is 0.564. The molecule has 1 aliphatic rings. The van der Waals surface area contributed by atoms with Gasteiger partial charge in [0.1, 0.15) is 5.69 Å². The number of nitrogens with zero attached hydrogens (tertiary/aromatic N) is 2. The summed E-state index contributed by atoms with van der Waals surface area (Å²) in [6, 6.07) is 4.84. The van der Waals surface area contributed by atoms with Crippen LogP contribution < -0.4 is 10.1 Å². The number of rotatable bonds is 8. The molecule has 0 unspecified atom stereocenters. The molecule has 144 valence electrons. The van der Waals surface area contributed by atoms with Gasteiger partial charge in [-0.1, -0.05) is 6.07 Å². The number of benzene rings is 1. The predicted octanol–water partition coefficient (Wildman–Crippen LogP) is 3.52. The lowest BCUT2D eigenvalue weighted by Crippen LogP contribution is -2.22. The van der Waals surface area contributed by atoms with E-state index in [0.29, 0.717) is 12.5 Å². The second kappa shape index (κ2) is 9.53. The van der Waals surface area contributed by atoms with Crippen LogP contribution in [-0.4, -0.2) is 35.5 Å². The zero-order valence-corrected chi connectivity index (χ0v) is 15.4. The van der Waals surface area contributed by atoms with Gasteiger partial charge in [0, 0.05) is 26.7 Å². The smallest absolute Gasteiger partial charge is 0.238 e. The van der Waals surface area contributed by atoms with Crippen LogP contribution in [0.2, 0.25) is 0 Å². The number of ketones is 1. The fourth-order valence-corrected chi connectivity index (χ4v) is 2.97. The topological polar surface area (TPSA) is 73.3 Å². The third kappa shape index (κ3) is 5.80. The second-order valence-corrected chi connectivity index (χ2v) is 6.68. The van der Waals surface area contributed by atoms with Crippen molar-refractivity contribution < 1.29 is 18.7 Å². The first kappa shape index (κ1) is 19.4. The summed E-state index contributed by atoms with van der Waals surface area (Å²) in [5, 5.41) is 3.36. The van der Waals surface area contributed by atoms with Crippen LogP contribution in [-0.2, 0) is 11.3 Å². The van der Waals surface area contributed by atoms with Crippen molar-refractivity contribution in [2.45, 2.75) is 32.7 Å². The van der Waals surface area contributed by atoms with Crippen LogP contribution in [0.3, 0.4) is 0 Å². The second-order valence-electron chi connectivity index (χ2n) is 6.68. The van der Waals surface area contributed by atoms with E-state index in [4.69, 9.17) is 9.47 Å². The Morgan fingerprint density at radius 2 is 2.11 bits per heavy atom. The molecule has 1 aliphatic heterocycles. The Kier molecular flexibility index (Phi) is 6.84. The maximum Gasteiger partial charge on any atom is 0.238 e. The SMILES string of the molecule is CC(=O)c1cnc(Oc2ccc(CNCCC3CCOCC3)cc2F)cn1. The minimum atomic E-state index is -0.462. The molecule has 2 heterocycles. The van der Waals surface area contributed by atoms with Crippen LogP contribution in [0.1, 0.15) is 42.2 Å². The van der Waals surface area contributed by atoms with Gasteiger partial charge in [0.15, 0.2) is 17.3 Å². The molecule has 0 aliphatic carbocycles. The summed E-state index contributed by atoms with van der Waals surface area (Å²) >= 11 is 0. The molecule has 7 heteroatoms. The van der Waals surface area contributed by atoms with E-state index in [0.717, 1.165) is 44.6 Å². The van der Waals surface area contributed by atoms with E-state index in [1.165, 1.54) is 25.4 Å². The number of hydrogen-bond donors (Lipinski definition) is 1. The molecule has 1 aromatic carbocycles. The molecule has 2 aromatic rings. The first-order chi connectivity index (χ1) is 13.1. The van der Waals surface area contributed by atoms with Crippen molar-refractivity contribution >= 4 is 5.78 Å². The number of nitrogens with one attached hydrogen (secondary N) is 1. The molecule has 3 rings (SSSR count). The fraction of sp³-hybridized carbons (Fsp3) is 0.450. The first-order valence-corrected chi connectivity index (χ1v) is 9.19. The van der Waals surface area contributed by atoms with Crippen LogP contribution >= 0.6 is 0 Å². The molecule has 1 saturated heterocycles. The number of ether oxygens (including phenoxy) is 2. The van der Waals surface area contributed by atoms with Crippen molar-refractivity contribution in [1.82, 2.24) is 15.3 Å². The van der Waals surface area contributed by atoms with Crippen LogP contribution in [0, 0.1) is 11.7 Å². The molecule has 0 radical (unpaired) electrons. The largest absolute Gasteiger partial charge is 0.434 e. The maximum atomic E-state index is 14.3. The predicted molar refractivity (Wildman–Crippen MR) is 98.4 cm³/mol. The highest BCUT2D eigenvalue weighted by Crippen LogP contribution is 2.23. The molecule has 0 bridgehead atoms. The number of carbonyl (C=O) groups excluding carboxylic acids is 1.